The molecule has 2 aromatic carbocycles. The number of carbonyl (C=O) groups excluding carboxylic acids is 3. The fraction of sp³-hybridized carbons (Fsp3) is 0.167. The molecule has 3 amide bonds. The number of nitrogens with zero attached hydrogens (tertiary/aromatic N) is 1. The number of nitrogens with one attached hydrogen (secondary N) is 1. The molecule has 6 heteroatoms. The molecule has 0 aliphatic carbocycles. The molecule has 2 aromatic rings. The average molecular weight is 324 g/mol. The first kappa shape index (κ1) is 15.7. The molecule has 1 N–H and O–H groups in total. The maximum Gasteiger partial charge on any atom is 0.261 e. The Hall–Kier alpha value is -3.15. The monoisotopic (exact) mass is 324 g/mol. The zero-order valence-electron chi connectivity index (χ0n) is 13.3. The van der Waals surface area contributed by atoms with Crippen LogP contribution in [-0.2, 0) is 11.2 Å². The van der Waals surface area contributed by atoms with Crippen molar-refractivity contribution in [2.75, 3.05) is 19.5 Å². The standard InChI is InChI=1S/C18H16N2O4/c1-20-17(22)14-7-6-12(10-15(14)18(20)23)19-16(21)9-11-4-3-5-13(8-11)24-2/h3-8,10H,9H2,1-2H3,(H,19,21). The van der Waals surface area contributed by atoms with Crippen molar-refractivity contribution in [3.8, 4) is 5.75 Å². The van der Waals surface area contributed by atoms with Crippen LogP contribution in [0.2, 0.25) is 0 Å². The number of rotatable bonds is 4. The zero-order chi connectivity index (χ0) is 17.3. The highest BCUT2D eigenvalue weighted by Gasteiger charge is 2.32. The first-order chi connectivity index (χ1) is 11.5. The lowest BCUT2D eigenvalue weighted by Gasteiger charge is -2.07. The number of benzene rings is 2. The van der Waals surface area contributed by atoms with Gasteiger partial charge in [-0.2, -0.15) is 0 Å². The second-order valence-electron chi connectivity index (χ2n) is 5.51. The number of hydrogen-bond acceptors (Lipinski definition) is 4. The van der Waals surface area contributed by atoms with E-state index in [4.69, 9.17) is 4.74 Å². The van der Waals surface area contributed by atoms with Crippen LogP contribution in [0.4, 0.5) is 5.69 Å². The number of methoxy groups -OCH3 is 1. The highest BCUT2D eigenvalue weighted by molar-refractivity contribution is 6.21. The van der Waals surface area contributed by atoms with E-state index in [1.807, 2.05) is 12.1 Å². The van der Waals surface area contributed by atoms with Gasteiger partial charge in [0.25, 0.3) is 11.8 Å². The van der Waals surface area contributed by atoms with Gasteiger partial charge in [-0.25, -0.2) is 0 Å². The van der Waals surface area contributed by atoms with Gasteiger partial charge in [-0.1, -0.05) is 12.1 Å². The minimum Gasteiger partial charge on any atom is -0.497 e. The molecule has 122 valence electrons. The second kappa shape index (κ2) is 6.16. The zero-order valence-corrected chi connectivity index (χ0v) is 13.3. The minimum atomic E-state index is -0.362. The molecular formula is C18H16N2O4. The normalized spacial score (nSPS) is 13.0. The maximum atomic E-state index is 12.2. The molecule has 0 unspecified atom stereocenters. The molecule has 0 atom stereocenters. The number of fused-ring (bicyclic) bond motifs is 1. The Balaban J connectivity index is 1.74. The van der Waals surface area contributed by atoms with Crippen LogP contribution < -0.4 is 10.1 Å². The third-order valence-corrected chi connectivity index (χ3v) is 3.87. The van der Waals surface area contributed by atoms with E-state index >= 15 is 0 Å². The van der Waals surface area contributed by atoms with Gasteiger partial charge in [0.2, 0.25) is 5.91 Å². The molecule has 0 bridgehead atoms. The number of ether oxygens (including phenoxy) is 1. The van der Waals surface area contributed by atoms with Gasteiger partial charge in [0.1, 0.15) is 5.75 Å². The Morgan fingerprint density at radius 1 is 1.08 bits per heavy atom. The van der Waals surface area contributed by atoms with Gasteiger partial charge >= 0.3 is 0 Å². The van der Waals surface area contributed by atoms with E-state index in [1.165, 1.54) is 13.1 Å². The Morgan fingerprint density at radius 2 is 1.83 bits per heavy atom. The summed E-state index contributed by atoms with van der Waals surface area (Å²) >= 11 is 0. The van der Waals surface area contributed by atoms with Crippen LogP contribution in [0, 0.1) is 0 Å². The van der Waals surface area contributed by atoms with Crippen molar-refractivity contribution in [3.05, 3.63) is 59.2 Å². The number of amides is 3. The van der Waals surface area contributed by atoms with Crippen molar-refractivity contribution < 1.29 is 19.1 Å². The highest BCUT2D eigenvalue weighted by Crippen LogP contribution is 2.25. The van der Waals surface area contributed by atoms with Crippen LogP contribution in [0.15, 0.2) is 42.5 Å². The van der Waals surface area contributed by atoms with E-state index in [1.54, 1.807) is 31.4 Å². The van der Waals surface area contributed by atoms with Gasteiger partial charge in [0.05, 0.1) is 24.7 Å². The van der Waals surface area contributed by atoms with Crippen molar-refractivity contribution in [1.29, 1.82) is 0 Å². The summed E-state index contributed by atoms with van der Waals surface area (Å²) in [6.45, 7) is 0. The van der Waals surface area contributed by atoms with Crippen molar-refractivity contribution >= 4 is 23.4 Å². The molecule has 1 aliphatic rings. The fourth-order valence-corrected chi connectivity index (χ4v) is 2.61. The average Bonchev–Trinajstić information content (AvgIpc) is 2.79. The Morgan fingerprint density at radius 3 is 2.58 bits per heavy atom. The Kier molecular flexibility index (Phi) is 4.04. The SMILES string of the molecule is COc1cccc(CC(=O)Nc2ccc3c(c2)C(=O)N(C)C3=O)c1. The lowest BCUT2D eigenvalue weighted by molar-refractivity contribution is -0.115. The van der Waals surface area contributed by atoms with Crippen LogP contribution in [0.25, 0.3) is 0 Å². The summed E-state index contributed by atoms with van der Waals surface area (Å²) in [5.41, 5.74) is 1.96. The van der Waals surface area contributed by atoms with Crippen molar-refractivity contribution in [2.24, 2.45) is 0 Å². The molecular weight excluding hydrogens is 308 g/mol. The Labute approximate surface area is 139 Å². The maximum absolute atomic E-state index is 12.2. The molecule has 3 rings (SSSR count). The lowest BCUT2D eigenvalue weighted by Crippen LogP contribution is -2.24. The molecule has 24 heavy (non-hydrogen) atoms. The third-order valence-electron chi connectivity index (χ3n) is 3.87. The predicted octanol–water partition coefficient (Wildman–Crippen LogP) is 2.10. The van der Waals surface area contributed by atoms with E-state index < -0.39 is 0 Å². The Bertz CT molecular complexity index is 845. The minimum absolute atomic E-state index is 0.182. The molecule has 0 saturated heterocycles. The molecule has 0 fully saturated rings. The largest absolute Gasteiger partial charge is 0.497 e. The van der Waals surface area contributed by atoms with E-state index in [2.05, 4.69) is 5.32 Å². The molecule has 0 radical (unpaired) electrons. The summed E-state index contributed by atoms with van der Waals surface area (Å²) in [6.07, 6.45) is 0.182. The van der Waals surface area contributed by atoms with Crippen LogP contribution >= 0.6 is 0 Å². The summed E-state index contributed by atoms with van der Waals surface area (Å²) in [4.78, 5) is 37.1. The van der Waals surface area contributed by atoms with Crippen molar-refractivity contribution in [1.82, 2.24) is 4.90 Å². The molecule has 1 aliphatic heterocycles. The number of hydrogen-bond donors (Lipinski definition) is 1. The van der Waals surface area contributed by atoms with E-state index in [9.17, 15) is 14.4 Å². The molecule has 0 spiro atoms. The molecule has 0 saturated carbocycles. The first-order valence-electron chi connectivity index (χ1n) is 7.39. The second-order valence-corrected chi connectivity index (χ2v) is 5.51. The van der Waals surface area contributed by atoms with Crippen LogP contribution in [-0.4, -0.2) is 36.8 Å². The smallest absolute Gasteiger partial charge is 0.261 e. The summed E-state index contributed by atoms with van der Waals surface area (Å²) in [5.74, 6) is -0.221. The predicted molar refractivity (Wildman–Crippen MR) is 88.2 cm³/mol. The van der Waals surface area contributed by atoms with Gasteiger partial charge in [-0.05, 0) is 35.9 Å². The lowest BCUT2D eigenvalue weighted by atomic mass is 10.1. The van der Waals surface area contributed by atoms with E-state index in [0.29, 0.717) is 22.6 Å². The van der Waals surface area contributed by atoms with Crippen molar-refractivity contribution in [2.45, 2.75) is 6.42 Å². The quantitative estimate of drug-likeness (QED) is 0.874. The van der Waals surface area contributed by atoms with E-state index in [-0.39, 0.29) is 24.1 Å². The third kappa shape index (κ3) is 2.86. The van der Waals surface area contributed by atoms with E-state index in [0.717, 1.165) is 10.5 Å². The van der Waals surface area contributed by atoms with Gasteiger partial charge in [0, 0.05) is 12.7 Å². The summed E-state index contributed by atoms with van der Waals surface area (Å²) in [6, 6.07) is 12.0. The number of carbonyl (C=O) groups is 3. The summed E-state index contributed by atoms with van der Waals surface area (Å²) < 4.78 is 5.13. The highest BCUT2D eigenvalue weighted by atomic mass is 16.5. The van der Waals surface area contributed by atoms with Crippen LogP contribution in [0.5, 0.6) is 5.75 Å². The van der Waals surface area contributed by atoms with Crippen LogP contribution in [0.3, 0.4) is 0 Å². The van der Waals surface area contributed by atoms with Gasteiger partial charge in [0.15, 0.2) is 0 Å². The molecule has 0 aromatic heterocycles. The number of anilines is 1. The molecule has 1 heterocycles. The van der Waals surface area contributed by atoms with Crippen molar-refractivity contribution in [3.63, 3.8) is 0 Å². The summed E-state index contributed by atoms with van der Waals surface area (Å²) in [7, 11) is 3.00. The van der Waals surface area contributed by atoms with Crippen LogP contribution in [0.1, 0.15) is 26.3 Å². The molecule has 6 nitrogen and oxygen atoms in total. The number of imide groups is 1. The first-order valence-corrected chi connectivity index (χ1v) is 7.39. The van der Waals surface area contributed by atoms with Gasteiger partial charge in [-0.15, -0.1) is 0 Å². The summed E-state index contributed by atoms with van der Waals surface area (Å²) in [5, 5.41) is 2.75. The van der Waals surface area contributed by atoms with Gasteiger partial charge < -0.3 is 10.1 Å². The van der Waals surface area contributed by atoms with Gasteiger partial charge in [-0.3, -0.25) is 19.3 Å². The topological polar surface area (TPSA) is 75.7 Å². The fourth-order valence-electron chi connectivity index (χ4n) is 2.61.